The van der Waals surface area contributed by atoms with Crippen molar-refractivity contribution in [2.75, 3.05) is 12.4 Å². The van der Waals surface area contributed by atoms with Crippen LogP contribution in [-0.2, 0) is 6.54 Å². The van der Waals surface area contributed by atoms with Crippen molar-refractivity contribution in [2.45, 2.75) is 6.54 Å². The molecular weight excluding hydrogens is 246 g/mol. The molecule has 19 heavy (non-hydrogen) atoms. The molecule has 0 saturated heterocycles. The minimum absolute atomic E-state index is 0.0925. The Hall–Kier alpha value is -2.63. The van der Waals surface area contributed by atoms with Crippen molar-refractivity contribution < 1.29 is 9.66 Å². The number of ether oxygens (including phenoxy) is 1. The highest BCUT2D eigenvalue weighted by molar-refractivity contribution is 5.43. The summed E-state index contributed by atoms with van der Waals surface area (Å²) in [6.45, 7) is 0.575. The number of nitro groups is 1. The van der Waals surface area contributed by atoms with Crippen LogP contribution < -0.4 is 10.1 Å². The van der Waals surface area contributed by atoms with Crippen LogP contribution >= 0.6 is 0 Å². The zero-order chi connectivity index (χ0) is 13.7. The van der Waals surface area contributed by atoms with Gasteiger partial charge >= 0.3 is 0 Å². The van der Waals surface area contributed by atoms with E-state index in [0.717, 1.165) is 11.3 Å². The fourth-order valence-corrected chi connectivity index (χ4v) is 1.55. The monoisotopic (exact) mass is 259 g/mol. The van der Waals surface area contributed by atoms with Gasteiger partial charge in [0.1, 0.15) is 0 Å². The quantitative estimate of drug-likeness (QED) is 0.659. The van der Waals surface area contributed by atoms with Crippen LogP contribution in [0.4, 0.5) is 11.4 Å². The Morgan fingerprint density at radius 2 is 2.00 bits per heavy atom. The Balaban J connectivity index is 1.95. The minimum atomic E-state index is -0.412. The van der Waals surface area contributed by atoms with Gasteiger partial charge in [0.05, 0.1) is 23.9 Å². The molecule has 0 atom stereocenters. The molecule has 1 heterocycles. The van der Waals surface area contributed by atoms with Crippen molar-refractivity contribution in [3.63, 3.8) is 0 Å². The van der Waals surface area contributed by atoms with Crippen LogP contribution in [0.1, 0.15) is 5.56 Å². The van der Waals surface area contributed by atoms with Gasteiger partial charge in [-0.1, -0.05) is 12.1 Å². The average molecular weight is 259 g/mol. The van der Waals surface area contributed by atoms with E-state index in [4.69, 9.17) is 4.74 Å². The number of hydrogen-bond acceptors (Lipinski definition) is 5. The third-order valence-electron chi connectivity index (χ3n) is 2.59. The molecule has 0 aliphatic carbocycles. The number of nitrogens with one attached hydrogen (secondary N) is 1. The number of nitro benzene ring substituents is 1. The summed E-state index contributed by atoms with van der Waals surface area (Å²) in [4.78, 5) is 14.2. The lowest BCUT2D eigenvalue weighted by molar-refractivity contribution is -0.384. The molecule has 0 saturated carbocycles. The highest BCUT2D eigenvalue weighted by atomic mass is 16.6. The lowest BCUT2D eigenvalue weighted by Crippen LogP contribution is -2.00. The van der Waals surface area contributed by atoms with E-state index < -0.39 is 4.92 Å². The second-order valence-corrected chi connectivity index (χ2v) is 3.87. The first-order valence-electron chi connectivity index (χ1n) is 5.66. The van der Waals surface area contributed by atoms with E-state index in [1.807, 2.05) is 6.07 Å². The maximum atomic E-state index is 10.5. The van der Waals surface area contributed by atoms with E-state index in [-0.39, 0.29) is 5.69 Å². The number of nitrogens with zero attached hydrogens (tertiary/aromatic N) is 2. The summed E-state index contributed by atoms with van der Waals surface area (Å²) < 4.78 is 4.96. The molecule has 6 nitrogen and oxygen atoms in total. The highest BCUT2D eigenvalue weighted by Gasteiger charge is 2.03. The maximum Gasteiger partial charge on any atom is 0.269 e. The van der Waals surface area contributed by atoms with Crippen molar-refractivity contribution in [1.29, 1.82) is 0 Å². The third-order valence-corrected chi connectivity index (χ3v) is 2.59. The number of methoxy groups -OCH3 is 1. The molecule has 1 aromatic carbocycles. The molecule has 2 rings (SSSR count). The van der Waals surface area contributed by atoms with E-state index in [2.05, 4.69) is 10.3 Å². The lowest BCUT2D eigenvalue weighted by Gasteiger charge is -2.06. The Bertz CT molecular complexity index is 552. The molecule has 1 aromatic heterocycles. The van der Waals surface area contributed by atoms with Crippen LogP contribution in [0.3, 0.4) is 0 Å². The topological polar surface area (TPSA) is 77.3 Å². The van der Waals surface area contributed by atoms with Gasteiger partial charge in [-0.05, 0) is 11.6 Å². The molecule has 0 unspecified atom stereocenters. The molecule has 0 radical (unpaired) electrons. The molecule has 0 aliphatic heterocycles. The standard InChI is InChI=1S/C13H13N3O3/c1-19-13-7-4-11(9-15-13)14-8-10-2-5-12(6-3-10)16(17)18/h2-7,9,14H,8H2,1H3. The van der Waals surface area contributed by atoms with E-state index >= 15 is 0 Å². The van der Waals surface area contributed by atoms with Crippen LogP contribution in [0.25, 0.3) is 0 Å². The molecule has 1 N–H and O–H groups in total. The zero-order valence-electron chi connectivity index (χ0n) is 10.4. The average Bonchev–Trinajstić information content (AvgIpc) is 2.46. The van der Waals surface area contributed by atoms with Crippen molar-refractivity contribution in [1.82, 2.24) is 4.98 Å². The fraction of sp³-hybridized carbons (Fsp3) is 0.154. The van der Waals surface area contributed by atoms with E-state index in [1.54, 1.807) is 31.5 Å². The predicted molar refractivity (Wildman–Crippen MR) is 71.2 cm³/mol. The first-order chi connectivity index (χ1) is 9.19. The second kappa shape index (κ2) is 5.81. The summed E-state index contributed by atoms with van der Waals surface area (Å²) in [6.07, 6.45) is 1.67. The van der Waals surface area contributed by atoms with Crippen molar-refractivity contribution in [3.05, 3.63) is 58.3 Å². The van der Waals surface area contributed by atoms with Gasteiger partial charge in [-0.3, -0.25) is 10.1 Å². The summed E-state index contributed by atoms with van der Waals surface area (Å²) in [6, 6.07) is 10.0. The maximum absolute atomic E-state index is 10.5. The van der Waals surface area contributed by atoms with Crippen LogP contribution in [0, 0.1) is 10.1 Å². The molecular formula is C13H13N3O3. The number of rotatable bonds is 5. The number of benzene rings is 1. The Labute approximate surface area is 110 Å². The first-order valence-corrected chi connectivity index (χ1v) is 5.66. The van der Waals surface area contributed by atoms with Crippen molar-refractivity contribution in [3.8, 4) is 5.88 Å². The molecule has 0 amide bonds. The number of aromatic nitrogens is 1. The summed E-state index contributed by atoms with van der Waals surface area (Å²) >= 11 is 0. The fourth-order valence-electron chi connectivity index (χ4n) is 1.55. The molecule has 0 aliphatic rings. The highest BCUT2D eigenvalue weighted by Crippen LogP contribution is 2.15. The van der Waals surface area contributed by atoms with Gasteiger partial charge < -0.3 is 10.1 Å². The largest absolute Gasteiger partial charge is 0.481 e. The predicted octanol–water partition coefficient (Wildman–Crippen LogP) is 2.61. The van der Waals surface area contributed by atoms with Gasteiger partial charge in [0, 0.05) is 24.7 Å². The number of hydrogen-bond donors (Lipinski definition) is 1. The van der Waals surface area contributed by atoms with Gasteiger partial charge in [-0.25, -0.2) is 4.98 Å². The van der Waals surface area contributed by atoms with E-state index in [1.165, 1.54) is 12.1 Å². The van der Waals surface area contributed by atoms with Crippen LogP contribution in [0.5, 0.6) is 5.88 Å². The normalized spacial score (nSPS) is 9.95. The molecule has 0 spiro atoms. The molecule has 98 valence electrons. The minimum Gasteiger partial charge on any atom is -0.481 e. The first kappa shape index (κ1) is 12.8. The van der Waals surface area contributed by atoms with Gasteiger partial charge in [0.25, 0.3) is 5.69 Å². The molecule has 6 heteroatoms. The van der Waals surface area contributed by atoms with E-state index in [9.17, 15) is 10.1 Å². The van der Waals surface area contributed by atoms with Gasteiger partial charge in [0.15, 0.2) is 0 Å². The van der Waals surface area contributed by atoms with Crippen molar-refractivity contribution in [2.24, 2.45) is 0 Å². The van der Waals surface area contributed by atoms with Gasteiger partial charge in [0.2, 0.25) is 5.88 Å². The zero-order valence-corrected chi connectivity index (χ0v) is 10.4. The summed E-state index contributed by atoms with van der Waals surface area (Å²) in [5, 5.41) is 13.7. The number of anilines is 1. The van der Waals surface area contributed by atoms with Crippen LogP contribution in [0.15, 0.2) is 42.6 Å². The smallest absolute Gasteiger partial charge is 0.269 e. The Kier molecular flexibility index (Phi) is 3.92. The summed E-state index contributed by atoms with van der Waals surface area (Å²) in [5.41, 5.74) is 1.91. The Morgan fingerprint density at radius 1 is 1.26 bits per heavy atom. The van der Waals surface area contributed by atoms with E-state index in [0.29, 0.717) is 12.4 Å². The molecule has 0 bridgehead atoms. The SMILES string of the molecule is COc1ccc(NCc2ccc([N+](=O)[O-])cc2)cn1. The van der Waals surface area contributed by atoms with Gasteiger partial charge in [-0.2, -0.15) is 0 Å². The van der Waals surface area contributed by atoms with Crippen LogP contribution in [-0.4, -0.2) is 17.0 Å². The summed E-state index contributed by atoms with van der Waals surface area (Å²) in [7, 11) is 1.56. The second-order valence-electron chi connectivity index (χ2n) is 3.87. The molecule has 0 fully saturated rings. The third kappa shape index (κ3) is 3.41. The number of non-ortho nitro benzene ring substituents is 1. The van der Waals surface area contributed by atoms with Crippen molar-refractivity contribution >= 4 is 11.4 Å². The van der Waals surface area contributed by atoms with Crippen LogP contribution in [0.2, 0.25) is 0 Å². The molecule has 2 aromatic rings. The number of pyridine rings is 1. The Morgan fingerprint density at radius 3 is 2.53 bits per heavy atom. The summed E-state index contributed by atoms with van der Waals surface area (Å²) in [5.74, 6) is 0.556. The van der Waals surface area contributed by atoms with Gasteiger partial charge in [-0.15, -0.1) is 0 Å². The lowest BCUT2D eigenvalue weighted by atomic mass is 10.2.